The molecule has 1 amide bonds. The number of hydrogen-bond acceptors (Lipinski definition) is 6. The summed E-state index contributed by atoms with van der Waals surface area (Å²) in [5, 5.41) is 13.5. The number of nitrogens with two attached hydrogens (primary N) is 1. The molecule has 0 bridgehead atoms. The molecule has 0 spiro atoms. The van der Waals surface area contributed by atoms with Crippen LogP contribution < -0.4 is 11.1 Å². The Hall–Kier alpha value is -1.54. The van der Waals surface area contributed by atoms with Crippen LogP contribution in [0.15, 0.2) is 48.6 Å². The van der Waals surface area contributed by atoms with Crippen LogP contribution >= 0.6 is 7.82 Å². The summed E-state index contributed by atoms with van der Waals surface area (Å²) >= 11 is 0. The van der Waals surface area contributed by atoms with E-state index >= 15 is 0 Å². The third-order valence-electron chi connectivity index (χ3n) is 7.36. The number of nitrogens with one attached hydrogen (secondary N) is 1. The van der Waals surface area contributed by atoms with Gasteiger partial charge in [0.05, 0.1) is 25.4 Å². The molecule has 0 aliphatic carbocycles. The highest BCUT2D eigenvalue weighted by molar-refractivity contribution is 7.47. The van der Waals surface area contributed by atoms with E-state index in [0.717, 1.165) is 70.6 Å². The SMILES string of the molecule is CCC/C=C\C/C=C\CCCCCCCC(=O)NC(COP(=O)(O)OCCN)C(O)/C=C/CC/C=C/CCCCCCCCC. The Morgan fingerprint density at radius 3 is 1.93 bits per heavy atom. The third kappa shape index (κ3) is 30.9. The quantitative estimate of drug-likeness (QED) is 0.0323. The summed E-state index contributed by atoms with van der Waals surface area (Å²) in [6, 6.07) is -0.882. The summed E-state index contributed by atoms with van der Waals surface area (Å²) in [4.78, 5) is 22.5. The van der Waals surface area contributed by atoms with Crippen molar-refractivity contribution in [2.24, 2.45) is 5.73 Å². The molecule has 3 atom stereocenters. The number of hydrogen-bond donors (Lipinski definition) is 4. The Bertz CT molecular complexity index is 845. The van der Waals surface area contributed by atoms with Gasteiger partial charge in [0, 0.05) is 13.0 Å². The maximum Gasteiger partial charge on any atom is 0.472 e. The fourth-order valence-electron chi connectivity index (χ4n) is 4.65. The Morgan fingerprint density at radius 2 is 1.29 bits per heavy atom. The van der Waals surface area contributed by atoms with Crippen LogP contribution in [0.2, 0.25) is 0 Å². The molecule has 9 heteroatoms. The number of allylic oxidation sites excluding steroid dienone is 7. The molecule has 0 rings (SSSR count). The summed E-state index contributed by atoms with van der Waals surface area (Å²) in [6.45, 7) is 3.99. The number of phosphoric acid groups is 1. The first-order valence-electron chi connectivity index (χ1n) is 17.8. The van der Waals surface area contributed by atoms with Gasteiger partial charge in [-0.1, -0.05) is 127 Å². The minimum absolute atomic E-state index is 0.0698. The highest BCUT2D eigenvalue weighted by atomic mass is 31.2. The van der Waals surface area contributed by atoms with Gasteiger partial charge < -0.3 is 21.1 Å². The molecule has 262 valence electrons. The number of amides is 1. The van der Waals surface area contributed by atoms with E-state index in [1.807, 2.05) is 6.08 Å². The lowest BCUT2D eigenvalue weighted by molar-refractivity contribution is -0.123. The highest BCUT2D eigenvalue weighted by Gasteiger charge is 2.26. The van der Waals surface area contributed by atoms with Crippen LogP contribution in [-0.4, -0.2) is 47.8 Å². The van der Waals surface area contributed by atoms with Gasteiger partial charge >= 0.3 is 7.82 Å². The van der Waals surface area contributed by atoms with Crippen molar-refractivity contribution in [1.82, 2.24) is 5.32 Å². The second kappa shape index (κ2) is 32.4. The van der Waals surface area contributed by atoms with E-state index in [4.69, 9.17) is 14.8 Å². The first kappa shape index (κ1) is 43.5. The molecule has 8 nitrogen and oxygen atoms in total. The predicted molar refractivity (Wildman–Crippen MR) is 189 cm³/mol. The Balaban J connectivity index is 4.46. The first-order chi connectivity index (χ1) is 21.9. The lowest BCUT2D eigenvalue weighted by atomic mass is 10.1. The summed E-state index contributed by atoms with van der Waals surface area (Å²) in [5.41, 5.74) is 5.34. The smallest absolute Gasteiger partial charge is 0.387 e. The summed E-state index contributed by atoms with van der Waals surface area (Å²) in [7, 11) is -4.34. The number of aliphatic hydroxyl groups is 1. The van der Waals surface area contributed by atoms with Crippen molar-refractivity contribution in [3.05, 3.63) is 48.6 Å². The molecule has 0 saturated heterocycles. The van der Waals surface area contributed by atoms with Gasteiger partial charge in [-0.3, -0.25) is 13.8 Å². The van der Waals surface area contributed by atoms with Crippen LogP contribution in [0.3, 0.4) is 0 Å². The largest absolute Gasteiger partial charge is 0.472 e. The molecule has 0 radical (unpaired) electrons. The summed E-state index contributed by atoms with van der Waals surface area (Å²) < 4.78 is 22.0. The predicted octanol–water partition coefficient (Wildman–Crippen LogP) is 8.99. The van der Waals surface area contributed by atoms with Crippen molar-refractivity contribution in [3.8, 4) is 0 Å². The minimum atomic E-state index is -4.34. The summed E-state index contributed by atoms with van der Waals surface area (Å²) in [6.07, 6.45) is 37.3. The van der Waals surface area contributed by atoms with Crippen LogP contribution in [0, 0.1) is 0 Å². The maximum absolute atomic E-state index is 12.6. The molecular formula is C36H67N2O6P. The third-order valence-corrected chi connectivity index (χ3v) is 8.34. The van der Waals surface area contributed by atoms with Gasteiger partial charge in [-0.15, -0.1) is 0 Å². The minimum Gasteiger partial charge on any atom is -0.387 e. The molecule has 0 aliphatic rings. The van der Waals surface area contributed by atoms with Gasteiger partial charge in [0.25, 0.3) is 0 Å². The number of carbonyl (C=O) groups is 1. The molecule has 0 saturated carbocycles. The zero-order valence-corrected chi connectivity index (χ0v) is 29.5. The normalized spacial score (nSPS) is 15.0. The van der Waals surface area contributed by atoms with Crippen LogP contribution in [0.1, 0.15) is 142 Å². The average molecular weight is 655 g/mol. The van der Waals surface area contributed by atoms with Crippen LogP contribution in [0.5, 0.6) is 0 Å². The van der Waals surface area contributed by atoms with E-state index in [2.05, 4.69) is 55.6 Å². The van der Waals surface area contributed by atoms with E-state index in [1.54, 1.807) is 6.08 Å². The molecule has 0 aromatic heterocycles. The molecule has 0 aromatic carbocycles. The molecule has 45 heavy (non-hydrogen) atoms. The van der Waals surface area contributed by atoms with E-state index < -0.39 is 20.0 Å². The zero-order chi connectivity index (χ0) is 33.3. The van der Waals surface area contributed by atoms with Crippen molar-refractivity contribution in [1.29, 1.82) is 0 Å². The van der Waals surface area contributed by atoms with Crippen molar-refractivity contribution in [2.75, 3.05) is 19.8 Å². The average Bonchev–Trinajstić information content (AvgIpc) is 3.02. The number of unbranched alkanes of at least 4 members (excludes halogenated alkanes) is 14. The van der Waals surface area contributed by atoms with E-state index in [9.17, 15) is 19.4 Å². The molecule has 0 fully saturated rings. The molecule has 0 aliphatic heterocycles. The molecule has 0 heterocycles. The van der Waals surface area contributed by atoms with Gasteiger partial charge in [0.1, 0.15) is 0 Å². The van der Waals surface area contributed by atoms with Gasteiger partial charge in [0.15, 0.2) is 0 Å². The Kier molecular flexibility index (Phi) is 31.3. The maximum atomic E-state index is 12.6. The van der Waals surface area contributed by atoms with E-state index in [0.29, 0.717) is 6.42 Å². The standard InChI is InChI=1S/C36H67N2O6P/c1-3-5-7-9-11-13-15-17-19-21-23-25-27-29-35(39)34(33-44-45(41,42)43-32-31-37)38-36(40)30-28-26-24-22-20-18-16-14-12-10-8-6-4-2/h8,10,14,16,19,21,27,29,34-35,39H,3-7,9,11-13,15,17-18,20,22-26,28,30-33,37H2,1-2H3,(H,38,40)(H,41,42)/b10-8-,16-14-,21-19+,29-27+. The zero-order valence-electron chi connectivity index (χ0n) is 28.6. The topological polar surface area (TPSA) is 131 Å². The first-order valence-corrected chi connectivity index (χ1v) is 19.3. The van der Waals surface area contributed by atoms with E-state index in [-0.39, 0.29) is 25.7 Å². The molecule has 5 N–H and O–H groups in total. The molecule has 0 aromatic rings. The fourth-order valence-corrected chi connectivity index (χ4v) is 5.41. The fraction of sp³-hybridized carbons (Fsp3) is 0.750. The molecular weight excluding hydrogens is 587 g/mol. The number of phosphoric ester groups is 1. The number of aliphatic hydroxyl groups excluding tert-OH is 1. The number of carbonyl (C=O) groups excluding carboxylic acids is 1. The molecule has 3 unspecified atom stereocenters. The van der Waals surface area contributed by atoms with Gasteiger partial charge in [-0.25, -0.2) is 4.57 Å². The Morgan fingerprint density at radius 1 is 0.733 bits per heavy atom. The van der Waals surface area contributed by atoms with Crippen molar-refractivity contribution in [2.45, 2.75) is 154 Å². The van der Waals surface area contributed by atoms with Crippen LogP contribution in [0.25, 0.3) is 0 Å². The lowest BCUT2D eigenvalue weighted by Gasteiger charge is -2.23. The lowest BCUT2D eigenvalue weighted by Crippen LogP contribution is -2.45. The second-order valence-electron chi connectivity index (χ2n) is 11.7. The highest BCUT2D eigenvalue weighted by Crippen LogP contribution is 2.43. The van der Waals surface area contributed by atoms with Gasteiger partial charge in [0.2, 0.25) is 5.91 Å². The van der Waals surface area contributed by atoms with Crippen molar-refractivity contribution in [3.63, 3.8) is 0 Å². The summed E-state index contributed by atoms with van der Waals surface area (Å²) in [5.74, 6) is -0.223. The van der Waals surface area contributed by atoms with Gasteiger partial charge in [-0.05, 0) is 57.8 Å². The van der Waals surface area contributed by atoms with Gasteiger partial charge in [-0.2, -0.15) is 0 Å². The van der Waals surface area contributed by atoms with Crippen molar-refractivity contribution >= 4 is 13.7 Å². The second-order valence-corrected chi connectivity index (χ2v) is 13.2. The van der Waals surface area contributed by atoms with E-state index in [1.165, 1.54) is 51.4 Å². The van der Waals surface area contributed by atoms with Crippen LogP contribution in [0.4, 0.5) is 0 Å². The van der Waals surface area contributed by atoms with Crippen LogP contribution in [-0.2, 0) is 18.4 Å². The number of rotatable bonds is 32. The van der Waals surface area contributed by atoms with Crippen molar-refractivity contribution < 1.29 is 28.4 Å². The monoisotopic (exact) mass is 654 g/mol. The Labute approximate surface area is 275 Å².